The standard InChI is InChI=1S/C17H10Cl2N4OS/c18-11-6-7-12(13(19)9-11)15-22-23-16(24)14(20-21-17(23)25-15)8-10-4-2-1-3-5-10/h1-7,9H,8H2. The highest BCUT2D eigenvalue weighted by Gasteiger charge is 2.15. The van der Waals surface area contributed by atoms with Gasteiger partial charge in [-0.3, -0.25) is 4.79 Å². The number of fused-ring (bicyclic) bond motifs is 1. The normalized spacial score (nSPS) is 11.1. The molecule has 0 aliphatic heterocycles. The molecule has 0 amide bonds. The minimum atomic E-state index is -0.276. The molecular formula is C17H10Cl2N4OS. The Morgan fingerprint density at radius 1 is 1.04 bits per heavy atom. The van der Waals surface area contributed by atoms with Crippen LogP contribution in [0.5, 0.6) is 0 Å². The fourth-order valence-corrected chi connectivity index (χ4v) is 3.85. The summed E-state index contributed by atoms with van der Waals surface area (Å²) >= 11 is 13.4. The topological polar surface area (TPSA) is 60.2 Å². The van der Waals surface area contributed by atoms with E-state index in [0.717, 1.165) is 5.56 Å². The summed E-state index contributed by atoms with van der Waals surface area (Å²) in [5.41, 5.74) is 1.76. The molecule has 4 aromatic rings. The molecule has 0 spiro atoms. The highest BCUT2D eigenvalue weighted by molar-refractivity contribution is 7.19. The predicted octanol–water partition coefficient (Wildman–Crippen LogP) is 4.11. The van der Waals surface area contributed by atoms with Crippen molar-refractivity contribution in [1.82, 2.24) is 19.8 Å². The van der Waals surface area contributed by atoms with Gasteiger partial charge in [0.05, 0.1) is 5.02 Å². The second-order valence-electron chi connectivity index (χ2n) is 5.34. The van der Waals surface area contributed by atoms with E-state index < -0.39 is 0 Å². The highest BCUT2D eigenvalue weighted by Crippen LogP contribution is 2.32. The molecule has 0 fully saturated rings. The first-order valence-electron chi connectivity index (χ1n) is 7.36. The zero-order valence-corrected chi connectivity index (χ0v) is 15.0. The van der Waals surface area contributed by atoms with Gasteiger partial charge in [0.25, 0.3) is 5.56 Å². The van der Waals surface area contributed by atoms with Crippen molar-refractivity contribution in [2.45, 2.75) is 6.42 Å². The van der Waals surface area contributed by atoms with Crippen molar-refractivity contribution >= 4 is 39.5 Å². The van der Waals surface area contributed by atoms with E-state index in [9.17, 15) is 4.79 Å². The van der Waals surface area contributed by atoms with E-state index in [1.165, 1.54) is 15.9 Å². The molecule has 4 rings (SSSR count). The van der Waals surface area contributed by atoms with Crippen LogP contribution in [0, 0.1) is 0 Å². The lowest BCUT2D eigenvalue weighted by Crippen LogP contribution is -2.22. The van der Waals surface area contributed by atoms with Gasteiger partial charge in [-0.1, -0.05) is 64.9 Å². The van der Waals surface area contributed by atoms with Crippen molar-refractivity contribution in [1.29, 1.82) is 0 Å². The van der Waals surface area contributed by atoms with E-state index in [4.69, 9.17) is 23.2 Å². The molecule has 2 aromatic heterocycles. The van der Waals surface area contributed by atoms with E-state index in [1.54, 1.807) is 18.2 Å². The second-order valence-corrected chi connectivity index (χ2v) is 7.14. The molecule has 0 saturated carbocycles. The van der Waals surface area contributed by atoms with Crippen molar-refractivity contribution < 1.29 is 0 Å². The molecule has 5 nitrogen and oxygen atoms in total. The fourth-order valence-electron chi connectivity index (χ4n) is 2.42. The molecule has 2 heterocycles. The average molecular weight is 389 g/mol. The van der Waals surface area contributed by atoms with Crippen LogP contribution in [0.4, 0.5) is 0 Å². The maximum atomic E-state index is 12.7. The van der Waals surface area contributed by atoms with Gasteiger partial charge in [-0.2, -0.15) is 9.61 Å². The number of benzene rings is 2. The third kappa shape index (κ3) is 3.16. The Morgan fingerprint density at radius 3 is 2.60 bits per heavy atom. The minimum absolute atomic E-state index is 0.276. The first-order valence-corrected chi connectivity index (χ1v) is 8.94. The molecule has 0 saturated heterocycles. The van der Waals surface area contributed by atoms with Gasteiger partial charge < -0.3 is 0 Å². The van der Waals surface area contributed by atoms with Gasteiger partial charge in [0.2, 0.25) is 4.96 Å². The quantitative estimate of drug-likeness (QED) is 0.529. The van der Waals surface area contributed by atoms with Crippen molar-refractivity contribution in [2.24, 2.45) is 0 Å². The number of halogens is 2. The number of aromatic nitrogens is 4. The Balaban J connectivity index is 1.79. The Bertz CT molecular complexity index is 1120. The van der Waals surface area contributed by atoms with Crippen LogP contribution in [-0.4, -0.2) is 19.8 Å². The first kappa shape index (κ1) is 16.2. The van der Waals surface area contributed by atoms with Crippen LogP contribution in [0.15, 0.2) is 53.3 Å². The molecule has 0 bridgehead atoms. The summed E-state index contributed by atoms with van der Waals surface area (Å²) in [7, 11) is 0. The van der Waals surface area contributed by atoms with E-state index in [0.29, 0.717) is 37.7 Å². The summed E-state index contributed by atoms with van der Waals surface area (Å²) in [6.07, 6.45) is 0.407. The molecule has 8 heteroatoms. The summed E-state index contributed by atoms with van der Waals surface area (Å²) in [6, 6.07) is 14.8. The van der Waals surface area contributed by atoms with Crippen LogP contribution < -0.4 is 5.56 Å². The molecule has 0 radical (unpaired) electrons. The van der Waals surface area contributed by atoms with Gasteiger partial charge in [0.15, 0.2) is 0 Å². The molecule has 0 N–H and O–H groups in total. The third-order valence-corrected chi connectivity index (χ3v) is 5.11. The molecular weight excluding hydrogens is 379 g/mol. The summed E-state index contributed by atoms with van der Waals surface area (Å²) in [6.45, 7) is 0. The Kier molecular flexibility index (Phi) is 4.25. The SMILES string of the molecule is O=c1c(Cc2ccccc2)nnc2sc(-c3ccc(Cl)cc3Cl)nn12. The van der Waals surface area contributed by atoms with Crippen molar-refractivity contribution in [3.8, 4) is 10.6 Å². The summed E-state index contributed by atoms with van der Waals surface area (Å²) in [4.78, 5) is 13.1. The minimum Gasteiger partial charge on any atom is -0.265 e. The largest absolute Gasteiger partial charge is 0.297 e. The van der Waals surface area contributed by atoms with E-state index in [2.05, 4.69) is 15.3 Å². The third-order valence-electron chi connectivity index (χ3n) is 3.63. The van der Waals surface area contributed by atoms with E-state index in [-0.39, 0.29) is 5.56 Å². The van der Waals surface area contributed by atoms with Gasteiger partial charge in [-0.15, -0.1) is 10.2 Å². The van der Waals surface area contributed by atoms with Crippen LogP contribution in [0.25, 0.3) is 15.5 Å². The van der Waals surface area contributed by atoms with Crippen LogP contribution in [0.2, 0.25) is 10.0 Å². The molecule has 0 atom stereocenters. The zero-order valence-electron chi connectivity index (χ0n) is 12.7. The monoisotopic (exact) mass is 388 g/mol. The van der Waals surface area contributed by atoms with Crippen molar-refractivity contribution in [3.05, 3.63) is 80.2 Å². The molecule has 0 aliphatic rings. The molecule has 0 aliphatic carbocycles. The summed E-state index contributed by atoms with van der Waals surface area (Å²) < 4.78 is 1.27. The number of hydrogen-bond donors (Lipinski definition) is 0. The number of nitrogens with zero attached hydrogens (tertiary/aromatic N) is 4. The van der Waals surface area contributed by atoms with Crippen molar-refractivity contribution in [2.75, 3.05) is 0 Å². The van der Waals surface area contributed by atoms with Crippen LogP contribution in [-0.2, 0) is 6.42 Å². The highest BCUT2D eigenvalue weighted by atomic mass is 35.5. The maximum Gasteiger partial charge on any atom is 0.297 e. The molecule has 124 valence electrons. The molecule has 0 unspecified atom stereocenters. The van der Waals surface area contributed by atoms with Gasteiger partial charge in [-0.25, -0.2) is 0 Å². The smallest absolute Gasteiger partial charge is 0.265 e. The number of hydrogen-bond acceptors (Lipinski definition) is 5. The lowest BCUT2D eigenvalue weighted by molar-refractivity contribution is 0.810. The molecule has 2 aromatic carbocycles. The van der Waals surface area contributed by atoms with Crippen LogP contribution in [0.3, 0.4) is 0 Å². The van der Waals surface area contributed by atoms with Gasteiger partial charge >= 0.3 is 0 Å². The Hall–Kier alpha value is -2.28. The zero-order chi connectivity index (χ0) is 17.4. The van der Waals surface area contributed by atoms with Crippen molar-refractivity contribution in [3.63, 3.8) is 0 Å². The molecule has 25 heavy (non-hydrogen) atoms. The lowest BCUT2D eigenvalue weighted by Gasteiger charge is -1.99. The fraction of sp³-hybridized carbons (Fsp3) is 0.0588. The summed E-state index contributed by atoms with van der Waals surface area (Å²) in [5.74, 6) is 0. The average Bonchev–Trinajstić information content (AvgIpc) is 3.03. The first-order chi connectivity index (χ1) is 12.1. The van der Waals surface area contributed by atoms with Crippen LogP contribution >= 0.6 is 34.5 Å². The van der Waals surface area contributed by atoms with Gasteiger partial charge in [-0.05, 0) is 23.8 Å². The number of rotatable bonds is 3. The maximum absolute atomic E-state index is 12.7. The van der Waals surface area contributed by atoms with Gasteiger partial charge in [0, 0.05) is 17.0 Å². The predicted molar refractivity (Wildman–Crippen MR) is 99.6 cm³/mol. The van der Waals surface area contributed by atoms with E-state index >= 15 is 0 Å². The lowest BCUT2D eigenvalue weighted by atomic mass is 10.1. The van der Waals surface area contributed by atoms with Gasteiger partial charge in [0.1, 0.15) is 10.7 Å². The summed E-state index contributed by atoms with van der Waals surface area (Å²) in [5, 5.41) is 14.2. The second kappa shape index (κ2) is 6.55. The van der Waals surface area contributed by atoms with Crippen LogP contribution in [0.1, 0.15) is 11.3 Å². The Morgan fingerprint density at radius 2 is 1.84 bits per heavy atom. The van der Waals surface area contributed by atoms with E-state index in [1.807, 2.05) is 30.3 Å². The Labute approximate surface area is 156 Å².